The number of nitrogens with one attached hydrogen (secondary N) is 2. The van der Waals surface area contributed by atoms with Gasteiger partial charge in [-0.25, -0.2) is 0 Å². The number of carbonyl (C=O) groups is 2. The lowest BCUT2D eigenvalue weighted by Gasteiger charge is -2.28. The van der Waals surface area contributed by atoms with E-state index in [0.29, 0.717) is 31.8 Å². The van der Waals surface area contributed by atoms with Crippen LogP contribution < -0.4 is 20.3 Å². The molecule has 0 aliphatic carbocycles. The topological polar surface area (TPSA) is 70.7 Å². The molecule has 2 aromatic carbocycles. The van der Waals surface area contributed by atoms with Crippen molar-refractivity contribution >= 4 is 17.5 Å². The summed E-state index contributed by atoms with van der Waals surface area (Å²) in [6, 6.07) is 13.5. The van der Waals surface area contributed by atoms with Crippen molar-refractivity contribution in [3.63, 3.8) is 0 Å². The lowest BCUT2D eigenvalue weighted by atomic mass is 10.1. The average molecular weight is 351 g/mol. The number of ether oxygens (including phenoxy) is 1. The fourth-order valence-corrected chi connectivity index (χ4v) is 3.30. The van der Waals surface area contributed by atoms with Crippen molar-refractivity contribution < 1.29 is 14.3 Å². The first-order chi connectivity index (χ1) is 12.7. The molecule has 2 N–H and O–H groups in total. The molecule has 1 saturated heterocycles. The summed E-state index contributed by atoms with van der Waals surface area (Å²) in [5.41, 5.74) is 3.79. The lowest BCUT2D eigenvalue weighted by molar-refractivity contribution is -0.120. The van der Waals surface area contributed by atoms with E-state index in [1.807, 2.05) is 41.3 Å². The molecule has 1 fully saturated rings. The Morgan fingerprint density at radius 3 is 2.85 bits per heavy atom. The highest BCUT2D eigenvalue weighted by molar-refractivity contribution is 5.94. The minimum absolute atomic E-state index is 0.0485. The third-order valence-corrected chi connectivity index (χ3v) is 4.74. The number of rotatable bonds is 4. The first-order valence-electron chi connectivity index (χ1n) is 8.83. The van der Waals surface area contributed by atoms with Gasteiger partial charge in [-0.15, -0.1) is 0 Å². The summed E-state index contributed by atoms with van der Waals surface area (Å²) in [5.74, 6) is 0.840. The maximum absolute atomic E-state index is 12.4. The van der Waals surface area contributed by atoms with Crippen LogP contribution in [0.15, 0.2) is 42.5 Å². The highest BCUT2D eigenvalue weighted by Gasteiger charge is 2.17. The Morgan fingerprint density at radius 1 is 1.19 bits per heavy atom. The van der Waals surface area contributed by atoms with E-state index in [4.69, 9.17) is 4.74 Å². The van der Waals surface area contributed by atoms with Gasteiger partial charge in [-0.1, -0.05) is 12.1 Å². The number of benzene rings is 2. The molecule has 0 saturated carbocycles. The Kier molecular flexibility index (Phi) is 4.48. The second kappa shape index (κ2) is 7.07. The quantitative estimate of drug-likeness (QED) is 0.876. The predicted molar refractivity (Wildman–Crippen MR) is 98.5 cm³/mol. The number of anilines is 1. The third-order valence-electron chi connectivity index (χ3n) is 4.74. The summed E-state index contributed by atoms with van der Waals surface area (Å²) in [4.78, 5) is 25.9. The fourth-order valence-electron chi connectivity index (χ4n) is 3.30. The van der Waals surface area contributed by atoms with Crippen LogP contribution in [-0.4, -0.2) is 38.1 Å². The molecule has 0 bridgehead atoms. The van der Waals surface area contributed by atoms with Gasteiger partial charge in [0.1, 0.15) is 5.75 Å². The standard InChI is InChI=1S/C20H21N3O3/c24-19-13-23(9-8-21-19)17-4-1-14(2-5-17)12-22-20(25)16-3-6-18-15(11-16)7-10-26-18/h1-6,11H,7-10,12-13H2,(H,21,24)(H,22,25). The van der Waals surface area contributed by atoms with E-state index in [0.717, 1.165) is 35.5 Å². The lowest BCUT2D eigenvalue weighted by Crippen LogP contribution is -2.47. The van der Waals surface area contributed by atoms with Crippen molar-refractivity contribution in [2.45, 2.75) is 13.0 Å². The number of piperazine rings is 1. The summed E-state index contributed by atoms with van der Waals surface area (Å²) < 4.78 is 5.47. The van der Waals surface area contributed by atoms with Crippen LogP contribution in [0.2, 0.25) is 0 Å². The largest absolute Gasteiger partial charge is 0.493 e. The van der Waals surface area contributed by atoms with Crippen molar-refractivity contribution in [3.05, 3.63) is 59.2 Å². The number of hydrogen-bond donors (Lipinski definition) is 2. The predicted octanol–water partition coefficient (Wildman–Crippen LogP) is 1.49. The highest BCUT2D eigenvalue weighted by Crippen LogP contribution is 2.25. The molecule has 2 aromatic rings. The molecule has 6 nitrogen and oxygen atoms in total. The van der Waals surface area contributed by atoms with Gasteiger partial charge in [0.05, 0.1) is 13.2 Å². The van der Waals surface area contributed by atoms with Gasteiger partial charge in [-0.05, 0) is 41.5 Å². The smallest absolute Gasteiger partial charge is 0.251 e. The molecule has 134 valence electrons. The first kappa shape index (κ1) is 16.4. The zero-order chi connectivity index (χ0) is 17.9. The van der Waals surface area contributed by atoms with Crippen LogP contribution in [0.5, 0.6) is 5.75 Å². The van der Waals surface area contributed by atoms with Gasteiger partial charge in [0.15, 0.2) is 0 Å². The van der Waals surface area contributed by atoms with Crippen LogP contribution in [0.25, 0.3) is 0 Å². The van der Waals surface area contributed by atoms with Gasteiger partial charge < -0.3 is 20.3 Å². The summed E-state index contributed by atoms with van der Waals surface area (Å²) >= 11 is 0. The Morgan fingerprint density at radius 2 is 2.04 bits per heavy atom. The molecule has 2 heterocycles. The molecule has 2 aliphatic rings. The van der Waals surface area contributed by atoms with Crippen molar-refractivity contribution in [2.24, 2.45) is 0 Å². The highest BCUT2D eigenvalue weighted by atomic mass is 16.5. The van der Waals surface area contributed by atoms with Crippen molar-refractivity contribution in [1.29, 1.82) is 0 Å². The van der Waals surface area contributed by atoms with Crippen LogP contribution in [0.1, 0.15) is 21.5 Å². The van der Waals surface area contributed by atoms with Gasteiger partial charge >= 0.3 is 0 Å². The molecule has 26 heavy (non-hydrogen) atoms. The Hall–Kier alpha value is -3.02. The summed E-state index contributed by atoms with van der Waals surface area (Å²) in [6.07, 6.45) is 0.854. The minimum atomic E-state index is -0.0866. The average Bonchev–Trinajstić information content (AvgIpc) is 3.14. The van der Waals surface area contributed by atoms with Crippen molar-refractivity contribution in [1.82, 2.24) is 10.6 Å². The van der Waals surface area contributed by atoms with E-state index >= 15 is 0 Å². The minimum Gasteiger partial charge on any atom is -0.493 e. The zero-order valence-electron chi connectivity index (χ0n) is 14.5. The van der Waals surface area contributed by atoms with Gasteiger partial charge in [-0.2, -0.15) is 0 Å². The molecule has 6 heteroatoms. The van der Waals surface area contributed by atoms with Crippen LogP contribution >= 0.6 is 0 Å². The molecular formula is C20H21N3O3. The molecule has 0 unspecified atom stereocenters. The third kappa shape index (κ3) is 3.49. The first-order valence-corrected chi connectivity index (χ1v) is 8.83. The van der Waals surface area contributed by atoms with Gasteiger partial charge in [0.25, 0.3) is 5.91 Å². The number of carbonyl (C=O) groups excluding carboxylic acids is 2. The fraction of sp³-hybridized carbons (Fsp3) is 0.300. The SMILES string of the molecule is O=C1CN(c2ccc(CNC(=O)c3ccc4c(c3)CCO4)cc2)CCN1. The summed E-state index contributed by atoms with van der Waals surface area (Å²) in [6.45, 7) is 3.02. The maximum atomic E-state index is 12.4. The molecule has 2 aliphatic heterocycles. The molecular weight excluding hydrogens is 330 g/mol. The number of hydrogen-bond acceptors (Lipinski definition) is 4. The van der Waals surface area contributed by atoms with E-state index in [2.05, 4.69) is 10.6 Å². The maximum Gasteiger partial charge on any atom is 0.251 e. The van der Waals surface area contributed by atoms with Crippen LogP contribution in [-0.2, 0) is 17.8 Å². The molecule has 4 rings (SSSR count). The summed E-state index contributed by atoms with van der Waals surface area (Å²) in [7, 11) is 0. The van der Waals surface area contributed by atoms with E-state index < -0.39 is 0 Å². The molecule has 2 amide bonds. The molecule has 0 spiro atoms. The Bertz CT molecular complexity index is 833. The normalized spacial score (nSPS) is 15.8. The van der Waals surface area contributed by atoms with Crippen LogP contribution in [0, 0.1) is 0 Å². The number of nitrogens with zero attached hydrogens (tertiary/aromatic N) is 1. The second-order valence-electron chi connectivity index (χ2n) is 6.54. The van der Waals surface area contributed by atoms with Crippen molar-refractivity contribution in [3.8, 4) is 5.75 Å². The van der Waals surface area contributed by atoms with E-state index in [9.17, 15) is 9.59 Å². The molecule has 0 radical (unpaired) electrons. The van der Waals surface area contributed by atoms with Gasteiger partial charge in [0.2, 0.25) is 5.91 Å². The van der Waals surface area contributed by atoms with E-state index in [1.54, 1.807) is 6.07 Å². The number of amides is 2. The van der Waals surface area contributed by atoms with E-state index in [1.165, 1.54) is 0 Å². The monoisotopic (exact) mass is 351 g/mol. The van der Waals surface area contributed by atoms with Gasteiger partial charge in [-0.3, -0.25) is 9.59 Å². The molecule has 0 atom stereocenters. The van der Waals surface area contributed by atoms with Gasteiger partial charge in [0, 0.05) is 37.3 Å². The Balaban J connectivity index is 1.35. The van der Waals surface area contributed by atoms with E-state index in [-0.39, 0.29) is 11.8 Å². The Labute approximate surface area is 152 Å². The van der Waals surface area contributed by atoms with Crippen LogP contribution in [0.3, 0.4) is 0 Å². The zero-order valence-corrected chi connectivity index (χ0v) is 14.5. The van der Waals surface area contributed by atoms with Crippen molar-refractivity contribution in [2.75, 3.05) is 31.1 Å². The second-order valence-corrected chi connectivity index (χ2v) is 6.54. The summed E-state index contributed by atoms with van der Waals surface area (Å²) in [5, 5.41) is 5.78. The van der Waals surface area contributed by atoms with Crippen LogP contribution in [0.4, 0.5) is 5.69 Å². The molecule has 0 aromatic heterocycles. The number of fused-ring (bicyclic) bond motifs is 1.